The van der Waals surface area contributed by atoms with E-state index in [0.29, 0.717) is 0 Å². The van der Waals surface area contributed by atoms with Crippen molar-refractivity contribution in [2.75, 3.05) is 6.61 Å². The van der Waals surface area contributed by atoms with Gasteiger partial charge in [0, 0.05) is 13.5 Å². The molecule has 74 valence electrons. The number of hydrogen-bond acceptors (Lipinski definition) is 3. The molecule has 0 saturated carbocycles. The Morgan fingerprint density at radius 1 is 1.38 bits per heavy atom. The lowest BCUT2D eigenvalue weighted by atomic mass is 10.0. The minimum absolute atomic E-state index is 0.0470. The third kappa shape index (κ3) is 3.59. The second-order valence-electron chi connectivity index (χ2n) is 3.10. The van der Waals surface area contributed by atoms with Crippen molar-refractivity contribution in [3.05, 3.63) is 12.2 Å². The lowest BCUT2D eigenvalue weighted by molar-refractivity contribution is -0.144. The Balaban J connectivity index is 2.33. The Morgan fingerprint density at radius 2 is 2.00 bits per heavy atom. The molecule has 0 aromatic heterocycles. The smallest absolute Gasteiger partial charge is 0.303 e. The van der Waals surface area contributed by atoms with Crippen LogP contribution < -0.4 is 0 Å². The molecule has 0 amide bonds. The van der Waals surface area contributed by atoms with Gasteiger partial charge in [-0.1, -0.05) is 6.08 Å². The van der Waals surface area contributed by atoms with E-state index in [2.05, 4.69) is 0 Å². The molecule has 0 aliphatic heterocycles. The predicted octanol–water partition coefficient (Wildman–Crippen LogP) is 1.67. The molecular weight excluding hydrogens is 168 g/mol. The maximum atomic E-state index is 10.6. The van der Waals surface area contributed by atoms with E-state index in [4.69, 9.17) is 9.47 Å². The van der Waals surface area contributed by atoms with Gasteiger partial charge in [0.15, 0.2) is 0 Å². The zero-order chi connectivity index (χ0) is 9.68. The molecule has 0 fully saturated rings. The van der Waals surface area contributed by atoms with Crippen LogP contribution in [0.15, 0.2) is 12.2 Å². The van der Waals surface area contributed by atoms with Gasteiger partial charge >= 0.3 is 5.97 Å². The molecule has 13 heavy (non-hydrogen) atoms. The third-order valence-electron chi connectivity index (χ3n) is 1.97. The molecule has 0 N–H and O–H groups in total. The second-order valence-corrected chi connectivity index (χ2v) is 3.10. The Bertz CT molecular complexity index is 198. The van der Waals surface area contributed by atoms with Gasteiger partial charge in [-0.25, -0.2) is 0 Å². The molecule has 0 aromatic rings. The molecule has 1 rings (SSSR count). The van der Waals surface area contributed by atoms with Crippen LogP contribution in [0.3, 0.4) is 0 Å². The van der Waals surface area contributed by atoms with Crippen molar-refractivity contribution in [2.45, 2.75) is 38.9 Å². The third-order valence-corrected chi connectivity index (χ3v) is 1.97. The molecule has 2 atom stereocenters. The average molecular weight is 184 g/mol. The average Bonchev–Trinajstić information content (AvgIpc) is 2.08. The summed E-state index contributed by atoms with van der Waals surface area (Å²) in [6.07, 6.45) is 5.83. The zero-order valence-corrected chi connectivity index (χ0v) is 8.16. The van der Waals surface area contributed by atoms with Crippen LogP contribution in [0.4, 0.5) is 0 Å². The summed E-state index contributed by atoms with van der Waals surface area (Å²) < 4.78 is 10.4. The van der Waals surface area contributed by atoms with Gasteiger partial charge in [0.1, 0.15) is 6.10 Å². The summed E-state index contributed by atoms with van der Waals surface area (Å²) in [6.45, 7) is 4.14. The maximum Gasteiger partial charge on any atom is 0.303 e. The van der Waals surface area contributed by atoms with Crippen LogP contribution in [-0.2, 0) is 14.3 Å². The normalized spacial score (nSPS) is 27.2. The SMILES string of the molecule is CCO[C@H]1C=C[C@H](OC(C)=O)CC1. The van der Waals surface area contributed by atoms with Crippen molar-refractivity contribution < 1.29 is 14.3 Å². The van der Waals surface area contributed by atoms with Crippen molar-refractivity contribution in [3.63, 3.8) is 0 Å². The molecule has 0 saturated heterocycles. The molecule has 3 nitrogen and oxygen atoms in total. The molecular formula is C10H16O3. The lowest BCUT2D eigenvalue weighted by Crippen LogP contribution is -2.22. The largest absolute Gasteiger partial charge is 0.458 e. The summed E-state index contributed by atoms with van der Waals surface area (Å²) in [6, 6.07) is 0. The van der Waals surface area contributed by atoms with E-state index in [0.717, 1.165) is 19.4 Å². The monoisotopic (exact) mass is 184 g/mol. The first-order valence-electron chi connectivity index (χ1n) is 4.69. The molecule has 0 bridgehead atoms. The van der Waals surface area contributed by atoms with Gasteiger partial charge in [-0.2, -0.15) is 0 Å². The topological polar surface area (TPSA) is 35.5 Å². The quantitative estimate of drug-likeness (QED) is 0.494. The lowest BCUT2D eigenvalue weighted by Gasteiger charge is -2.22. The van der Waals surface area contributed by atoms with E-state index >= 15 is 0 Å². The van der Waals surface area contributed by atoms with Crippen LogP contribution in [0.2, 0.25) is 0 Å². The van der Waals surface area contributed by atoms with Crippen molar-refractivity contribution in [3.8, 4) is 0 Å². The molecule has 0 spiro atoms. The fraction of sp³-hybridized carbons (Fsp3) is 0.700. The van der Waals surface area contributed by atoms with Gasteiger partial charge < -0.3 is 9.47 Å². The first-order chi connectivity index (χ1) is 6.22. The van der Waals surface area contributed by atoms with Crippen LogP contribution >= 0.6 is 0 Å². The van der Waals surface area contributed by atoms with Gasteiger partial charge in [-0.3, -0.25) is 4.79 Å². The maximum absolute atomic E-state index is 10.6. The molecule has 3 heteroatoms. The van der Waals surface area contributed by atoms with Crippen LogP contribution in [0, 0.1) is 0 Å². The van der Waals surface area contributed by atoms with Crippen molar-refractivity contribution in [2.24, 2.45) is 0 Å². The van der Waals surface area contributed by atoms with E-state index in [1.165, 1.54) is 6.92 Å². The van der Waals surface area contributed by atoms with Crippen LogP contribution in [0.1, 0.15) is 26.7 Å². The predicted molar refractivity (Wildman–Crippen MR) is 49.3 cm³/mol. The van der Waals surface area contributed by atoms with Crippen molar-refractivity contribution in [1.82, 2.24) is 0 Å². The van der Waals surface area contributed by atoms with Gasteiger partial charge in [-0.15, -0.1) is 0 Å². The number of hydrogen-bond donors (Lipinski definition) is 0. The van der Waals surface area contributed by atoms with Crippen LogP contribution in [0.5, 0.6) is 0 Å². The number of ether oxygens (including phenoxy) is 2. The number of carbonyl (C=O) groups is 1. The highest BCUT2D eigenvalue weighted by molar-refractivity contribution is 5.66. The van der Waals surface area contributed by atoms with E-state index in [9.17, 15) is 4.79 Å². The van der Waals surface area contributed by atoms with E-state index < -0.39 is 0 Å². The fourth-order valence-corrected chi connectivity index (χ4v) is 1.43. The Morgan fingerprint density at radius 3 is 2.46 bits per heavy atom. The molecule has 1 aliphatic rings. The summed E-state index contributed by atoms with van der Waals surface area (Å²) in [5, 5.41) is 0. The van der Waals surface area contributed by atoms with E-state index in [1.54, 1.807) is 0 Å². The molecule has 0 radical (unpaired) electrons. The van der Waals surface area contributed by atoms with Gasteiger partial charge in [0.05, 0.1) is 6.10 Å². The highest BCUT2D eigenvalue weighted by Gasteiger charge is 2.17. The molecule has 0 aromatic carbocycles. The van der Waals surface area contributed by atoms with E-state index in [1.807, 2.05) is 19.1 Å². The first-order valence-corrected chi connectivity index (χ1v) is 4.69. The van der Waals surface area contributed by atoms with Gasteiger partial charge in [0.2, 0.25) is 0 Å². The van der Waals surface area contributed by atoms with Gasteiger partial charge in [-0.05, 0) is 25.8 Å². The first kappa shape index (κ1) is 10.3. The minimum atomic E-state index is -0.218. The van der Waals surface area contributed by atoms with Crippen molar-refractivity contribution >= 4 is 5.97 Å². The zero-order valence-electron chi connectivity index (χ0n) is 8.16. The molecule has 1 aliphatic carbocycles. The van der Waals surface area contributed by atoms with Gasteiger partial charge in [0.25, 0.3) is 0 Å². The molecule has 0 heterocycles. The fourth-order valence-electron chi connectivity index (χ4n) is 1.43. The Kier molecular flexibility index (Phi) is 3.96. The van der Waals surface area contributed by atoms with Crippen molar-refractivity contribution in [1.29, 1.82) is 0 Å². The Hall–Kier alpha value is -0.830. The summed E-state index contributed by atoms with van der Waals surface area (Å²) in [4.78, 5) is 10.6. The summed E-state index contributed by atoms with van der Waals surface area (Å²) in [5.41, 5.74) is 0. The second kappa shape index (κ2) is 5.02. The summed E-state index contributed by atoms with van der Waals surface area (Å²) >= 11 is 0. The number of esters is 1. The number of carbonyl (C=O) groups excluding carboxylic acids is 1. The Labute approximate surface area is 78.7 Å². The number of rotatable bonds is 3. The highest BCUT2D eigenvalue weighted by Crippen LogP contribution is 2.16. The highest BCUT2D eigenvalue weighted by atomic mass is 16.5. The van der Waals surface area contributed by atoms with Crippen LogP contribution in [0.25, 0.3) is 0 Å². The van der Waals surface area contributed by atoms with E-state index in [-0.39, 0.29) is 18.2 Å². The standard InChI is InChI=1S/C10H16O3/c1-3-12-9-4-6-10(7-5-9)13-8(2)11/h4,6,9-10H,3,5,7H2,1-2H3/t9-,10-/m0/s1. The van der Waals surface area contributed by atoms with Crippen LogP contribution in [-0.4, -0.2) is 24.8 Å². The minimum Gasteiger partial charge on any atom is -0.458 e. The molecule has 0 unspecified atom stereocenters. The summed E-state index contributed by atoms with van der Waals surface area (Å²) in [5.74, 6) is -0.218. The summed E-state index contributed by atoms with van der Waals surface area (Å²) in [7, 11) is 0.